The van der Waals surface area contributed by atoms with Gasteiger partial charge in [0.1, 0.15) is 0 Å². The molecule has 0 bridgehead atoms. The number of benzene rings is 1. The lowest BCUT2D eigenvalue weighted by molar-refractivity contribution is 0.248. The Hall–Kier alpha value is -1.31. The number of likely N-dealkylation sites (tertiary alicyclic amines) is 1. The van der Waals surface area contributed by atoms with Crippen molar-refractivity contribution in [2.24, 2.45) is 0 Å². The number of anilines is 2. The van der Waals surface area contributed by atoms with E-state index in [1.54, 1.807) is 12.1 Å². The molecule has 0 spiro atoms. The van der Waals surface area contributed by atoms with Crippen LogP contribution in [0.5, 0.6) is 0 Å². The number of hydrogen-bond donors (Lipinski definition) is 2. The number of nitrogens with zero attached hydrogens (tertiary/aromatic N) is 2. The van der Waals surface area contributed by atoms with Gasteiger partial charge in [-0.2, -0.15) is 0 Å². The molecule has 1 fully saturated rings. The first-order chi connectivity index (χ1) is 9.85. The van der Waals surface area contributed by atoms with Crippen LogP contribution in [0.1, 0.15) is 12.8 Å². The first-order valence-electron chi connectivity index (χ1n) is 7.09. The van der Waals surface area contributed by atoms with Crippen molar-refractivity contribution < 1.29 is 8.42 Å². The summed E-state index contributed by atoms with van der Waals surface area (Å²) in [7, 11) is 2.07. The summed E-state index contributed by atoms with van der Waals surface area (Å²) in [6.45, 7) is 2.12. The molecule has 0 radical (unpaired) electrons. The molecule has 0 saturated carbocycles. The number of rotatable bonds is 4. The highest BCUT2D eigenvalue weighted by Gasteiger charge is 2.23. The molecule has 3 N–H and O–H groups in total. The summed E-state index contributed by atoms with van der Waals surface area (Å²) in [5.74, 6) is 0. The Bertz CT molecular complexity index is 603. The van der Waals surface area contributed by atoms with Crippen molar-refractivity contribution >= 4 is 21.4 Å². The minimum absolute atomic E-state index is 0.195. The third kappa shape index (κ3) is 3.48. The fourth-order valence-electron chi connectivity index (χ4n) is 2.79. The molecular formula is C14H24N4O2S. The summed E-state index contributed by atoms with van der Waals surface area (Å²) >= 11 is 0. The van der Waals surface area contributed by atoms with Crippen molar-refractivity contribution in [2.75, 3.05) is 44.9 Å². The van der Waals surface area contributed by atoms with Crippen LogP contribution in [-0.2, 0) is 10.0 Å². The Morgan fingerprint density at radius 2 is 2.14 bits per heavy atom. The third-order valence-corrected chi connectivity index (χ3v) is 5.52. The highest BCUT2D eigenvalue weighted by Crippen LogP contribution is 2.28. The Morgan fingerprint density at radius 3 is 2.71 bits per heavy atom. The van der Waals surface area contributed by atoms with E-state index >= 15 is 0 Å². The minimum atomic E-state index is -3.45. The summed E-state index contributed by atoms with van der Waals surface area (Å²) in [5.41, 5.74) is 7.44. The Morgan fingerprint density at radius 1 is 1.43 bits per heavy atom. The van der Waals surface area contributed by atoms with Crippen LogP contribution >= 0.6 is 0 Å². The molecule has 1 atom stereocenters. The highest BCUT2D eigenvalue weighted by molar-refractivity contribution is 7.89. The van der Waals surface area contributed by atoms with E-state index in [1.807, 2.05) is 7.05 Å². The van der Waals surface area contributed by atoms with Gasteiger partial charge in [0.05, 0.1) is 16.3 Å². The van der Waals surface area contributed by atoms with Gasteiger partial charge in [0, 0.05) is 19.6 Å². The normalized spacial score (nSPS) is 20.4. The molecule has 0 aliphatic carbocycles. The van der Waals surface area contributed by atoms with E-state index < -0.39 is 10.0 Å². The van der Waals surface area contributed by atoms with Crippen molar-refractivity contribution in [1.82, 2.24) is 9.62 Å². The molecule has 1 aliphatic heterocycles. The standard InChI is InChI=1S/C14H24N4O2S/c1-16-21(19,20)12-6-7-14(13(15)9-12)18(3)11-5-4-8-17(2)10-11/h6-7,9,11,16H,4-5,8,10,15H2,1-3H3. The summed E-state index contributed by atoms with van der Waals surface area (Å²) in [6.07, 6.45) is 2.29. The zero-order valence-corrected chi connectivity index (χ0v) is 13.7. The Labute approximate surface area is 127 Å². The van der Waals surface area contributed by atoms with Gasteiger partial charge in [-0.3, -0.25) is 0 Å². The largest absolute Gasteiger partial charge is 0.397 e. The van der Waals surface area contributed by atoms with Gasteiger partial charge in [-0.15, -0.1) is 0 Å². The van der Waals surface area contributed by atoms with E-state index in [4.69, 9.17) is 5.73 Å². The average molecular weight is 312 g/mol. The molecule has 2 rings (SSSR count). The number of sulfonamides is 1. The molecule has 1 heterocycles. The lowest BCUT2D eigenvalue weighted by atomic mass is 10.0. The predicted molar refractivity (Wildman–Crippen MR) is 86.0 cm³/mol. The van der Waals surface area contributed by atoms with Gasteiger partial charge in [0.25, 0.3) is 0 Å². The van der Waals surface area contributed by atoms with Gasteiger partial charge >= 0.3 is 0 Å². The van der Waals surface area contributed by atoms with Crippen LogP contribution in [0.2, 0.25) is 0 Å². The van der Waals surface area contributed by atoms with E-state index in [2.05, 4.69) is 21.6 Å². The quantitative estimate of drug-likeness (QED) is 0.801. The summed E-state index contributed by atoms with van der Waals surface area (Å²) in [4.78, 5) is 4.65. The van der Waals surface area contributed by atoms with E-state index in [9.17, 15) is 8.42 Å². The molecule has 1 saturated heterocycles. The average Bonchev–Trinajstić information content (AvgIpc) is 2.46. The Kier molecular flexibility index (Phi) is 4.75. The number of hydrogen-bond acceptors (Lipinski definition) is 5. The summed E-state index contributed by atoms with van der Waals surface area (Å²) in [6, 6.07) is 5.30. The second kappa shape index (κ2) is 6.21. The maximum Gasteiger partial charge on any atom is 0.240 e. The van der Waals surface area contributed by atoms with Gasteiger partial charge < -0.3 is 15.5 Å². The topological polar surface area (TPSA) is 78.7 Å². The minimum Gasteiger partial charge on any atom is -0.397 e. The van der Waals surface area contributed by atoms with Crippen LogP contribution in [0.4, 0.5) is 11.4 Å². The second-order valence-corrected chi connectivity index (χ2v) is 7.48. The first-order valence-corrected chi connectivity index (χ1v) is 8.58. The van der Waals surface area contributed by atoms with E-state index in [0.29, 0.717) is 11.7 Å². The van der Waals surface area contributed by atoms with Crippen molar-refractivity contribution in [1.29, 1.82) is 0 Å². The van der Waals surface area contributed by atoms with Crippen molar-refractivity contribution in [3.63, 3.8) is 0 Å². The van der Waals surface area contributed by atoms with E-state index in [1.165, 1.54) is 13.1 Å². The van der Waals surface area contributed by atoms with Crippen molar-refractivity contribution in [2.45, 2.75) is 23.8 Å². The molecule has 7 heteroatoms. The zero-order valence-electron chi connectivity index (χ0n) is 12.8. The van der Waals surface area contributed by atoms with Crippen LogP contribution in [0.25, 0.3) is 0 Å². The molecule has 1 aliphatic rings. The third-order valence-electron chi connectivity index (χ3n) is 4.11. The smallest absolute Gasteiger partial charge is 0.240 e. The SMILES string of the molecule is CNS(=O)(=O)c1ccc(N(C)C2CCCN(C)C2)c(N)c1. The maximum atomic E-state index is 11.8. The number of nitrogens with one attached hydrogen (secondary N) is 1. The maximum absolute atomic E-state index is 11.8. The molecule has 6 nitrogen and oxygen atoms in total. The lowest BCUT2D eigenvalue weighted by Crippen LogP contribution is -2.45. The summed E-state index contributed by atoms with van der Waals surface area (Å²) < 4.78 is 25.9. The number of nitrogen functional groups attached to an aromatic ring is 1. The monoisotopic (exact) mass is 312 g/mol. The van der Waals surface area contributed by atoms with Crippen LogP contribution in [0, 0.1) is 0 Å². The lowest BCUT2D eigenvalue weighted by Gasteiger charge is -2.37. The molecule has 1 aromatic carbocycles. The van der Waals surface area contributed by atoms with Crippen LogP contribution < -0.4 is 15.4 Å². The number of piperidine rings is 1. The van der Waals surface area contributed by atoms with E-state index in [0.717, 1.165) is 31.6 Å². The van der Waals surface area contributed by atoms with E-state index in [-0.39, 0.29) is 4.90 Å². The number of nitrogens with two attached hydrogens (primary N) is 1. The molecule has 1 unspecified atom stereocenters. The van der Waals surface area contributed by atoms with Gasteiger partial charge in [-0.1, -0.05) is 0 Å². The fourth-order valence-corrected chi connectivity index (χ4v) is 3.56. The fraction of sp³-hybridized carbons (Fsp3) is 0.571. The molecule has 21 heavy (non-hydrogen) atoms. The number of likely N-dealkylation sites (N-methyl/N-ethyl adjacent to an activating group) is 2. The second-order valence-electron chi connectivity index (χ2n) is 5.60. The van der Waals surface area contributed by atoms with Crippen molar-refractivity contribution in [3.8, 4) is 0 Å². The molecule has 0 aromatic heterocycles. The Balaban J connectivity index is 2.24. The molecule has 0 amide bonds. The van der Waals surface area contributed by atoms with Gasteiger partial charge in [0.2, 0.25) is 10.0 Å². The van der Waals surface area contributed by atoms with Gasteiger partial charge in [-0.25, -0.2) is 13.1 Å². The first kappa shape index (κ1) is 16.1. The zero-order chi connectivity index (χ0) is 15.6. The van der Waals surface area contributed by atoms with Gasteiger partial charge in [0.15, 0.2) is 0 Å². The van der Waals surface area contributed by atoms with Crippen LogP contribution in [0.15, 0.2) is 23.1 Å². The predicted octanol–water partition coefficient (Wildman–Crippen LogP) is 0.707. The van der Waals surface area contributed by atoms with Crippen LogP contribution in [0.3, 0.4) is 0 Å². The highest BCUT2D eigenvalue weighted by atomic mass is 32.2. The summed E-state index contributed by atoms with van der Waals surface area (Å²) in [5, 5.41) is 0. The molecule has 1 aromatic rings. The van der Waals surface area contributed by atoms with Crippen molar-refractivity contribution in [3.05, 3.63) is 18.2 Å². The molecular weight excluding hydrogens is 288 g/mol. The van der Waals surface area contributed by atoms with Crippen LogP contribution in [-0.4, -0.2) is 53.6 Å². The molecule has 118 valence electrons. The van der Waals surface area contributed by atoms with Gasteiger partial charge in [-0.05, 0) is 51.7 Å².